The zero-order valence-electron chi connectivity index (χ0n) is 11.0. The zero-order chi connectivity index (χ0) is 13.9. The van der Waals surface area contributed by atoms with E-state index in [4.69, 9.17) is 4.52 Å². The van der Waals surface area contributed by atoms with E-state index >= 15 is 0 Å². The Morgan fingerprint density at radius 3 is 2.55 bits per heavy atom. The molecule has 0 saturated heterocycles. The van der Waals surface area contributed by atoms with E-state index in [9.17, 15) is 5.11 Å². The molecule has 1 heterocycles. The van der Waals surface area contributed by atoms with Gasteiger partial charge in [0.05, 0.1) is 6.61 Å². The molecule has 2 aromatic carbocycles. The molecule has 3 nitrogen and oxygen atoms in total. The van der Waals surface area contributed by atoms with Crippen LogP contribution in [0.4, 0.5) is 0 Å². The minimum absolute atomic E-state index is 0.0308. The number of aromatic nitrogens is 1. The van der Waals surface area contributed by atoms with E-state index in [1.165, 1.54) is 0 Å². The highest BCUT2D eigenvalue weighted by atomic mass is 16.5. The monoisotopic (exact) mass is 265 g/mol. The summed E-state index contributed by atoms with van der Waals surface area (Å²) in [7, 11) is 0. The molecule has 1 aromatic heterocycles. The Kier molecular flexibility index (Phi) is 3.35. The van der Waals surface area contributed by atoms with Crippen LogP contribution in [0.25, 0.3) is 16.5 Å². The van der Waals surface area contributed by atoms with Gasteiger partial charge >= 0.3 is 0 Å². The molecule has 100 valence electrons. The average Bonchev–Trinajstić information content (AvgIpc) is 2.92. The third kappa shape index (κ3) is 2.24. The third-order valence-corrected chi connectivity index (χ3v) is 3.40. The van der Waals surface area contributed by atoms with Gasteiger partial charge in [-0.15, -0.1) is 0 Å². The van der Waals surface area contributed by atoms with Crippen LogP contribution in [0, 0.1) is 0 Å². The topological polar surface area (TPSA) is 46.3 Å². The maximum Gasteiger partial charge on any atom is 0.167 e. The van der Waals surface area contributed by atoms with Gasteiger partial charge < -0.3 is 9.63 Å². The van der Waals surface area contributed by atoms with E-state index in [1.807, 2.05) is 48.5 Å². The number of aliphatic hydroxyl groups excluding tert-OH is 1. The summed E-state index contributed by atoms with van der Waals surface area (Å²) in [4.78, 5) is 0. The van der Waals surface area contributed by atoms with Gasteiger partial charge in [-0.1, -0.05) is 48.1 Å². The highest BCUT2D eigenvalue weighted by Crippen LogP contribution is 2.26. The van der Waals surface area contributed by atoms with Crippen molar-refractivity contribution in [1.29, 1.82) is 0 Å². The van der Waals surface area contributed by atoms with Gasteiger partial charge in [0.25, 0.3) is 0 Å². The molecule has 0 amide bonds. The number of benzene rings is 2. The van der Waals surface area contributed by atoms with Gasteiger partial charge in [0.15, 0.2) is 5.58 Å². The van der Waals surface area contributed by atoms with Crippen LogP contribution >= 0.6 is 0 Å². The largest absolute Gasteiger partial charge is 0.392 e. The molecule has 0 radical (unpaired) electrons. The van der Waals surface area contributed by atoms with Gasteiger partial charge in [-0.2, -0.15) is 0 Å². The summed E-state index contributed by atoms with van der Waals surface area (Å²) in [6, 6.07) is 15.5. The molecular formula is C17H15NO2. The first-order chi connectivity index (χ1) is 9.79. The van der Waals surface area contributed by atoms with Gasteiger partial charge in [-0.3, -0.25) is 0 Å². The summed E-state index contributed by atoms with van der Waals surface area (Å²) in [5.41, 5.74) is 4.41. The lowest BCUT2D eigenvalue weighted by atomic mass is 9.98. The third-order valence-electron chi connectivity index (χ3n) is 3.40. The van der Waals surface area contributed by atoms with Crippen LogP contribution in [-0.2, 0) is 13.0 Å². The first-order valence-corrected chi connectivity index (χ1v) is 6.50. The van der Waals surface area contributed by atoms with Crippen LogP contribution < -0.4 is 0 Å². The smallest absolute Gasteiger partial charge is 0.167 e. The first-order valence-electron chi connectivity index (χ1n) is 6.50. The number of hydrogen-bond acceptors (Lipinski definition) is 3. The number of para-hydroxylation sites is 1. The van der Waals surface area contributed by atoms with E-state index < -0.39 is 0 Å². The number of fused-ring (bicyclic) bond motifs is 1. The van der Waals surface area contributed by atoms with E-state index in [2.05, 4.69) is 11.7 Å². The minimum Gasteiger partial charge on any atom is -0.392 e. The molecule has 1 N–H and O–H groups in total. The van der Waals surface area contributed by atoms with Crippen molar-refractivity contribution in [2.24, 2.45) is 0 Å². The molecule has 0 bridgehead atoms. The van der Waals surface area contributed by atoms with Crippen LogP contribution in [0.3, 0.4) is 0 Å². The molecule has 3 aromatic rings. The summed E-state index contributed by atoms with van der Waals surface area (Å²) >= 11 is 0. The second-order valence-corrected chi connectivity index (χ2v) is 4.73. The van der Waals surface area contributed by atoms with Crippen molar-refractivity contribution >= 4 is 16.5 Å². The van der Waals surface area contributed by atoms with E-state index in [-0.39, 0.29) is 6.61 Å². The molecule has 0 saturated carbocycles. The molecule has 3 heteroatoms. The quantitative estimate of drug-likeness (QED) is 0.784. The van der Waals surface area contributed by atoms with Crippen molar-refractivity contribution < 1.29 is 9.63 Å². The van der Waals surface area contributed by atoms with Crippen LogP contribution in [0.2, 0.25) is 0 Å². The molecule has 0 atom stereocenters. The van der Waals surface area contributed by atoms with Gasteiger partial charge in [0, 0.05) is 5.39 Å². The molecule has 0 aliphatic heterocycles. The number of rotatable bonds is 4. The number of allylic oxidation sites excluding steroid dienone is 1. The predicted molar refractivity (Wildman–Crippen MR) is 79.1 cm³/mol. The van der Waals surface area contributed by atoms with Gasteiger partial charge in [0.1, 0.15) is 5.69 Å². The summed E-state index contributed by atoms with van der Waals surface area (Å²) in [5.74, 6) is 0. The molecule has 0 spiro atoms. The number of nitrogens with zero attached hydrogens (tertiary/aromatic N) is 1. The van der Waals surface area contributed by atoms with E-state index in [0.29, 0.717) is 6.42 Å². The lowest BCUT2D eigenvalue weighted by Crippen LogP contribution is -1.96. The van der Waals surface area contributed by atoms with Crippen LogP contribution in [0.1, 0.15) is 16.8 Å². The fourth-order valence-corrected chi connectivity index (χ4v) is 2.34. The van der Waals surface area contributed by atoms with Crippen molar-refractivity contribution in [3.05, 3.63) is 71.9 Å². The van der Waals surface area contributed by atoms with Crippen molar-refractivity contribution in [2.75, 3.05) is 0 Å². The Hall–Kier alpha value is -2.39. The molecule has 20 heavy (non-hydrogen) atoms. The molecular weight excluding hydrogens is 250 g/mol. The van der Waals surface area contributed by atoms with Crippen LogP contribution in [0.5, 0.6) is 0 Å². The van der Waals surface area contributed by atoms with Crippen LogP contribution in [0.15, 0.2) is 59.6 Å². The Morgan fingerprint density at radius 1 is 1.05 bits per heavy atom. The summed E-state index contributed by atoms with van der Waals surface area (Å²) in [6.07, 6.45) is 0.646. The fourth-order valence-electron chi connectivity index (χ4n) is 2.34. The standard InChI is InChI=1S/C17H15NO2/c1-12(10-13-6-2-3-7-14(13)11-19)17-15-8-4-5-9-16(15)20-18-17/h2-9,19H,1,10-11H2. The normalized spacial score (nSPS) is 10.8. The lowest BCUT2D eigenvalue weighted by Gasteiger charge is -2.07. The average molecular weight is 265 g/mol. The van der Waals surface area contributed by atoms with Gasteiger partial charge in [-0.25, -0.2) is 0 Å². The fraction of sp³-hybridized carbons (Fsp3) is 0.118. The predicted octanol–water partition coefficient (Wildman–Crippen LogP) is 3.58. The Labute approximate surface area is 117 Å². The highest BCUT2D eigenvalue weighted by molar-refractivity contribution is 5.88. The lowest BCUT2D eigenvalue weighted by molar-refractivity contribution is 0.281. The SMILES string of the molecule is C=C(Cc1ccccc1CO)c1noc2ccccc12. The maximum absolute atomic E-state index is 9.37. The first kappa shape index (κ1) is 12.6. The Bertz CT molecular complexity index is 758. The van der Waals surface area contributed by atoms with Gasteiger partial charge in [0.2, 0.25) is 0 Å². The van der Waals surface area contributed by atoms with Gasteiger partial charge in [-0.05, 0) is 35.3 Å². The number of aliphatic hydroxyl groups is 1. The minimum atomic E-state index is 0.0308. The Morgan fingerprint density at radius 2 is 1.75 bits per heavy atom. The van der Waals surface area contributed by atoms with E-state index in [1.54, 1.807) is 0 Å². The molecule has 3 rings (SSSR count). The Balaban J connectivity index is 1.93. The van der Waals surface area contributed by atoms with Crippen molar-refractivity contribution in [3.63, 3.8) is 0 Å². The molecule has 0 unspecified atom stereocenters. The van der Waals surface area contributed by atoms with Crippen molar-refractivity contribution in [1.82, 2.24) is 5.16 Å². The summed E-state index contributed by atoms with van der Waals surface area (Å²) in [5, 5.41) is 14.5. The van der Waals surface area contributed by atoms with Crippen LogP contribution in [-0.4, -0.2) is 10.3 Å². The summed E-state index contributed by atoms with van der Waals surface area (Å²) < 4.78 is 5.30. The maximum atomic E-state index is 9.37. The zero-order valence-corrected chi connectivity index (χ0v) is 11.0. The van der Waals surface area contributed by atoms with Crippen molar-refractivity contribution in [3.8, 4) is 0 Å². The molecule has 0 fully saturated rings. The van der Waals surface area contributed by atoms with Crippen molar-refractivity contribution in [2.45, 2.75) is 13.0 Å². The molecule has 0 aliphatic rings. The second kappa shape index (κ2) is 5.31. The molecule has 0 aliphatic carbocycles. The second-order valence-electron chi connectivity index (χ2n) is 4.73. The van der Waals surface area contributed by atoms with E-state index in [0.717, 1.165) is 33.4 Å². The highest BCUT2D eigenvalue weighted by Gasteiger charge is 2.12. The summed E-state index contributed by atoms with van der Waals surface area (Å²) in [6.45, 7) is 4.14. The number of hydrogen-bond donors (Lipinski definition) is 1.